The summed E-state index contributed by atoms with van der Waals surface area (Å²) in [4.78, 5) is 26.1. The molecule has 0 saturated carbocycles. The summed E-state index contributed by atoms with van der Waals surface area (Å²) in [6.45, 7) is 0. The highest BCUT2D eigenvalue weighted by atomic mass is 19.1. The van der Waals surface area contributed by atoms with Crippen LogP contribution in [-0.2, 0) is 4.74 Å². The van der Waals surface area contributed by atoms with Crippen molar-refractivity contribution in [2.75, 3.05) is 7.11 Å². The van der Waals surface area contributed by atoms with Gasteiger partial charge in [0.15, 0.2) is 0 Å². The van der Waals surface area contributed by atoms with Crippen LogP contribution in [0, 0.1) is 5.82 Å². The van der Waals surface area contributed by atoms with Crippen LogP contribution in [0.2, 0.25) is 0 Å². The minimum absolute atomic E-state index is 0.0486. The monoisotopic (exact) mass is 275 g/mol. The number of carbonyl (C=O) groups excluding carboxylic acids is 1. The Morgan fingerprint density at radius 2 is 2.00 bits per heavy atom. The summed E-state index contributed by atoms with van der Waals surface area (Å²) < 4.78 is 18.2. The predicted octanol–water partition coefficient (Wildman–Crippen LogP) is 2.37. The number of aromatic nitrogens is 1. The van der Waals surface area contributed by atoms with Gasteiger partial charge in [0.05, 0.1) is 23.9 Å². The van der Waals surface area contributed by atoms with E-state index in [0.29, 0.717) is 11.3 Å². The van der Waals surface area contributed by atoms with Crippen LogP contribution < -0.4 is 0 Å². The van der Waals surface area contributed by atoms with Gasteiger partial charge in [-0.15, -0.1) is 0 Å². The van der Waals surface area contributed by atoms with E-state index >= 15 is 0 Å². The molecule has 1 aromatic heterocycles. The molecule has 0 amide bonds. The molecule has 102 valence electrons. The minimum atomic E-state index is -1.10. The van der Waals surface area contributed by atoms with Gasteiger partial charge in [-0.1, -0.05) is 6.07 Å². The lowest BCUT2D eigenvalue weighted by Crippen LogP contribution is -2.04. The molecule has 0 aliphatic heterocycles. The van der Waals surface area contributed by atoms with Crippen LogP contribution in [0.5, 0.6) is 0 Å². The lowest BCUT2D eigenvalue weighted by molar-refractivity contribution is 0.0594. The first kappa shape index (κ1) is 13.7. The fraction of sp³-hybridized carbons (Fsp3) is 0.0714. The standard InChI is InChI=1S/C14H10FNO4/c1-20-14(19)10-3-2-8(6-11(10)15)12-7-9(13(17)18)4-5-16-12/h2-7H,1H3,(H,17,18). The fourth-order valence-corrected chi connectivity index (χ4v) is 1.67. The SMILES string of the molecule is COC(=O)c1ccc(-c2cc(C(=O)O)ccn2)cc1F. The quantitative estimate of drug-likeness (QED) is 0.870. The number of rotatable bonds is 3. The van der Waals surface area contributed by atoms with Crippen LogP contribution in [0.15, 0.2) is 36.5 Å². The van der Waals surface area contributed by atoms with E-state index < -0.39 is 17.8 Å². The van der Waals surface area contributed by atoms with Crippen molar-refractivity contribution < 1.29 is 23.8 Å². The zero-order valence-electron chi connectivity index (χ0n) is 10.5. The lowest BCUT2D eigenvalue weighted by Gasteiger charge is -2.05. The number of ether oxygens (including phenoxy) is 1. The molecule has 1 heterocycles. The Balaban J connectivity index is 2.44. The molecule has 1 aromatic carbocycles. The molecular formula is C14H10FNO4. The Hall–Kier alpha value is -2.76. The highest BCUT2D eigenvalue weighted by Gasteiger charge is 2.14. The Morgan fingerprint density at radius 3 is 2.60 bits per heavy atom. The Labute approximate surface area is 113 Å². The number of hydrogen-bond acceptors (Lipinski definition) is 4. The van der Waals surface area contributed by atoms with Gasteiger partial charge in [-0.25, -0.2) is 14.0 Å². The number of carboxylic acid groups (broad SMARTS) is 1. The third-order valence-corrected chi connectivity index (χ3v) is 2.68. The lowest BCUT2D eigenvalue weighted by atomic mass is 10.1. The predicted molar refractivity (Wildman–Crippen MR) is 67.9 cm³/mol. The second-order valence-corrected chi connectivity index (χ2v) is 3.92. The number of hydrogen-bond donors (Lipinski definition) is 1. The normalized spacial score (nSPS) is 10.1. The molecule has 2 aromatic rings. The van der Waals surface area contributed by atoms with Crippen molar-refractivity contribution >= 4 is 11.9 Å². The van der Waals surface area contributed by atoms with Crippen molar-refractivity contribution in [3.63, 3.8) is 0 Å². The largest absolute Gasteiger partial charge is 0.478 e. The number of pyridine rings is 1. The van der Waals surface area contributed by atoms with E-state index in [1.807, 2.05) is 0 Å². The number of carboxylic acids is 1. The van der Waals surface area contributed by atoms with Crippen molar-refractivity contribution in [1.29, 1.82) is 0 Å². The molecule has 20 heavy (non-hydrogen) atoms. The van der Waals surface area contributed by atoms with Gasteiger partial charge in [-0.05, 0) is 24.3 Å². The molecule has 0 aliphatic rings. The van der Waals surface area contributed by atoms with Crippen LogP contribution in [0.25, 0.3) is 11.3 Å². The van der Waals surface area contributed by atoms with Crippen LogP contribution >= 0.6 is 0 Å². The summed E-state index contributed by atoms with van der Waals surface area (Å²) in [5.74, 6) is -2.63. The highest BCUT2D eigenvalue weighted by Crippen LogP contribution is 2.21. The first-order valence-electron chi connectivity index (χ1n) is 5.60. The molecule has 0 bridgehead atoms. The number of halogens is 1. The van der Waals surface area contributed by atoms with Crippen LogP contribution in [0.4, 0.5) is 4.39 Å². The molecule has 0 atom stereocenters. The van der Waals surface area contributed by atoms with Crippen LogP contribution in [0.3, 0.4) is 0 Å². The van der Waals surface area contributed by atoms with E-state index in [2.05, 4.69) is 9.72 Å². The zero-order chi connectivity index (χ0) is 14.7. The van der Waals surface area contributed by atoms with E-state index in [1.54, 1.807) is 0 Å². The van der Waals surface area contributed by atoms with Crippen molar-refractivity contribution in [2.45, 2.75) is 0 Å². The molecular weight excluding hydrogens is 265 g/mol. The Bertz CT molecular complexity index is 685. The van der Waals surface area contributed by atoms with E-state index in [1.165, 1.54) is 30.5 Å². The molecule has 1 N–H and O–H groups in total. The molecule has 0 spiro atoms. The maximum absolute atomic E-state index is 13.8. The number of esters is 1. The first-order chi connectivity index (χ1) is 9.52. The zero-order valence-corrected chi connectivity index (χ0v) is 10.5. The first-order valence-corrected chi connectivity index (χ1v) is 5.60. The maximum atomic E-state index is 13.8. The van der Waals surface area contributed by atoms with E-state index in [4.69, 9.17) is 5.11 Å². The average molecular weight is 275 g/mol. The summed E-state index contributed by atoms with van der Waals surface area (Å²) in [5, 5.41) is 8.90. The number of carbonyl (C=O) groups is 2. The fourth-order valence-electron chi connectivity index (χ4n) is 1.67. The molecule has 6 heteroatoms. The maximum Gasteiger partial charge on any atom is 0.340 e. The summed E-state index contributed by atoms with van der Waals surface area (Å²) in [6, 6.07) is 6.52. The molecule has 2 rings (SSSR count). The summed E-state index contributed by atoms with van der Waals surface area (Å²) >= 11 is 0. The third-order valence-electron chi connectivity index (χ3n) is 2.68. The smallest absolute Gasteiger partial charge is 0.340 e. The summed E-state index contributed by atoms with van der Waals surface area (Å²) in [7, 11) is 1.16. The number of benzene rings is 1. The van der Waals surface area contributed by atoms with Gasteiger partial charge in [-0.2, -0.15) is 0 Å². The third kappa shape index (κ3) is 2.64. The number of methoxy groups -OCH3 is 1. The Morgan fingerprint density at radius 1 is 1.25 bits per heavy atom. The van der Waals surface area contributed by atoms with Gasteiger partial charge in [-0.3, -0.25) is 4.98 Å². The second kappa shape index (κ2) is 5.48. The van der Waals surface area contributed by atoms with Gasteiger partial charge in [0.25, 0.3) is 0 Å². The van der Waals surface area contributed by atoms with E-state index in [-0.39, 0.29) is 11.1 Å². The van der Waals surface area contributed by atoms with Gasteiger partial charge >= 0.3 is 11.9 Å². The van der Waals surface area contributed by atoms with E-state index in [9.17, 15) is 14.0 Å². The summed E-state index contributed by atoms with van der Waals surface area (Å²) in [5.41, 5.74) is 0.538. The van der Waals surface area contributed by atoms with Crippen molar-refractivity contribution in [1.82, 2.24) is 4.98 Å². The summed E-state index contributed by atoms with van der Waals surface area (Å²) in [6.07, 6.45) is 1.32. The van der Waals surface area contributed by atoms with Crippen LogP contribution in [-0.4, -0.2) is 29.1 Å². The van der Waals surface area contributed by atoms with Gasteiger partial charge in [0.2, 0.25) is 0 Å². The van der Waals surface area contributed by atoms with Crippen molar-refractivity contribution in [3.8, 4) is 11.3 Å². The van der Waals surface area contributed by atoms with Crippen molar-refractivity contribution in [2.24, 2.45) is 0 Å². The molecule has 0 saturated heterocycles. The molecule has 0 fully saturated rings. The molecule has 5 nitrogen and oxygen atoms in total. The van der Waals surface area contributed by atoms with Crippen LogP contribution in [0.1, 0.15) is 20.7 Å². The number of aromatic carboxylic acids is 1. The Kier molecular flexibility index (Phi) is 3.74. The number of nitrogens with zero attached hydrogens (tertiary/aromatic N) is 1. The second-order valence-electron chi connectivity index (χ2n) is 3.92. The van der Waals surface area contributed by atoms with E-state index in [0.717, 1.165) is 13.2 Å². The highest BCUT2D eigenvalue weighted by molar-refractivity contribution is 5.91. The minimum Gasteiger partial charge on any atom is -0.478 e. The van der Waals surface area contributed by atoms with Gasteiger partial charge in [0.1, 0.15) is 5.82 Å². The van der Waals surface area contributed by atoms with Crippen molar-refractivity contribution in [3.05, 3.63) is 53.5 Å². The molecule has 0 radical (unpaired) electrons. The van der Waals surface area contributed by atoms with Gasteiger partial charge in [0, 0.05) is 11.8 Å². The topological polar surface area (TPSA) is 76.5 Å². The molecule has 0 unspecified atom stereocenters. The average Bonchev–Trinajstić information content (AvgIpc) is 2.46. The molecule has 0 aliphatic carbocycles. The van der Waals surface area contributed by atoms with Gasteiger partial charge < -0.3 is 9.84 Å².